The molecule has 0 aromatic carbocycles. The smallest absolute Gasteiger partial charge is 0.126 e. The summed E-state index contributed by atoms with van der Waals surface area (Å²) in [6.45, 7) is 4.45. The van der Waals surface area contributed by atoms with Gasteiger partial charge in [-0.15, -0.1) is 12.6 Å². The molecule has 35 valence electrons. The fraction of sp³-hybridized carbons (Fsp3) is 0.600. The first-order valence-corrected chi connectivity index (χ1v) is 2.89. The van der Waals surface area contributed by atoms with Gasteiger partial charge in [0, 0.05) is 0 Å². The highest BCUT2D eigenvalue weighted by atomic mass is 13.8. The van der Waals surface area contributed by atoms with Crippen LogP contribution in [0.4, 0.5) is 0 Å². The highest BCUT2D eigenvalue weighted by Gasteiger charge is 2.14. The van der Waals surface area contributed by atoms with E-state index in [-0.39, 0.29) is 0 Å². The lowest BCUT2D eigenvalue weighted by molar-refractivity contribution is 1.09. The summed E-state index contributed by atoms with van der Waals surface area (Å²) in [5.74, 6) is 2.03. The minimum Gasteiger partial charge on any atom is -0.131 e. The molecule has 1 aliphatic rings. The van der Waals surface area contributed by atoms with E-state index in [0.29, 0.717) is 0 Å². The van der Waals surface area contributed by atoms with Crippen LogP contribution in [0.3, 0.4) is 0 Å². The fourth-order valence-corrected chi connectivity index (χ4v) is 1.02. The van der Waals surface area contributed by atoms with Crippen molar-refractivity contribution in [2.75, 3.05) is 0 Å². The third-order valence-corrected chi connectivity index (χ3v) is 1.51. The van der Waals surface area contributed by atoms with Crippen LogP contribution >= 0.6 is 0 Å². The second-order valence-corrected chi connectivity index (χ2v) is 2.07. The Bertz CT molecular complexity index is 64.5. The normalized spacial score (nSPS) is 19.1. The standard InChI is InChI=1S/C5H9B2/c1-2-7-5-3-4-6-7/h2H,1,3-5H2. The predicted molar refractivity (Wildman–Crippen MR) is 35.9 cm³/mol. The van der Waals surface area contributed by atoms with Crippen molar-refractivity contribution in [1.82, 2.24) is 0 Å². The van der Waals surface area contributed by atoms with E-state index >= 15 is 0 Å². The third-order valence-electron chi connectivity index (χ3n) is 1.51. The summed E-state index contributed by atoms with van der Waals surface area (Å²) in [5.41, 5.74) is 0. The minimum absolute atomic E-state index is 0.736. The molecule has 0 unspecified atom stereocenters. The van der Waals surface area contributed by atoms with Crippen LogP contribution in [-0.2, 0) is 0 Å². The quantitative estimate of drug-likeness (QED) is 0.425. The van der Waals surface area contributed by atoms with Gasteiger partial charge in [-0.2, -0.15) is 0 Å². The molecular formula is C5H9B2. The molecule has 0 aromatic heterocycles. The summed E-state index contributed by atoms with van der Waals surface area (Å²) in [6, 6.07) is 0. The fourth-order valence-electron chi connectivity index (χ4n) is 1.02. The van der Waals surface area contributed by atoms with E-state index in [2.05, 4.69) is 13.7 Å². The van der Waals surface area contributed by atoms with Crippen LogP contribution in [0, 0.1) is 0 Å². The monoisotopic (exact) mass is 91.1 g/mol. The van der Waals surface area contributed by atoms with Gasteiger partial charge in [0.05, 0.1) is 7.17 Å². The van der Waals surface area contributed by atoms with E-state index in [1.807, 2.05) is 5.98 Å². The first-order valence-electron chi connectivity index (χ1n) is 2.89. The Labute approximate surface area is 46.3 Å². The lowest BCUT2D eigenvalue weighted by atomic mass is 9.24. The molecule has 0 aliphatic carbocycles. The predicted octanol–water partition coefficient (Wildman–Crippen LogP) is 1.23. The summed E-state index contributed by atoms with van der Waals surface area (Å²) in [5, 5.41) is 0. The Hall–Kier alpha value is -0.130. The maximum Gasteiger partial charge on any atom is 0.126 e. The van der Waals surface area contributed by atoms with Gasteiger partial charge in [0.15, 0.2) is 0 Å². The molecule has 0 aromatic rings. The molecule has 1 radical (unpaired) electrons. The summed E-state index contributed by atoms with van der Waals surface area (Å²) in [7, 11) is 2.34. The van der Waals surface area contributed by atoms with Crippen LogP contribution in [-0.4, -0.2) is 13.8 Å². The zero-order valence-corrected chi connectivity index (χ0v) is 4.56. The van der Waals surface area contributed by atoms with Crippen LogP contribution in [0.25, 0.3) is 0 Å². The Balaban J connectivity index is 2.26. The van der Waals surface area contributed by atoms with Gasteiger partial charge >= 0.3 is 0 Å². The van der Waals surface area contributed by atoms with Gasteiger partial charge in [-0.3, -0.25) is 0 Å². The van der Waals surface area contributed by atoms with Crippen LogP contribution in [0.1, 0.15) is 6.42 Å². The molecule has 0 bridgehead atoms. The lowest BCUT2D eigenvalue weighted by Gasteiger charge is -1.88. The third kappa shape index (κ3) is 1.12. The van der Waals surface area contributed by atoms with Crippen LogP contribution in [0.15, 0.2) is 12.6 Å². The zero-order valence-electron chi connectivity index (χ0n) is 4.56. The molecule has 0 atom stereocenters. The Morgan fingerprint density at radius 1 is 1.71 bits per heavy atom. The van der Waals surface area contributed by atoms with E-state index in [4.69, 9.17) is 0 Å². The summed E-state index contributed by atoms with van der Waals surface area (Å²) in [6.07, 6.45) is 4.01. The number of rotatable bonds is 1. The molecule has 2 heteroatoms. The van der Waals surface area contributed by atoms with E-state index < -0.39 is 0 Å². The van der Waals surface area contributed by atoms with Gasteiger partial charge in [0.2, 0.25) is 0 Å². The van der Waals surface area contributed by atoms with Crippen LogP contribution in [0.5, 0.6) is 0 Å². The maximum atomic E-state index is 3.71. The summed E-state index contributed by atoms with van der Waals surface area (Å²) < 4.78 is 0. The Kier molecular flexibility index (Phi) is 1.61. The van der Waals surface area contributed by atoms with Gasteiger partial charge < -0.3 is 0 Å². The van der Waals surface area contributed by atoms with E-state index in [1.54, 1.807) is 0 Å². The van der Waals surface area contributed by atoms with Crippen molar-refractivity contribution >= 4 is 13.8 Å². The van der Waals surface area contributed by atoms with Crippen molar-refractivity contribution in [3.8, 4) is 0 Å². The van der Waals surface area contributed by atoms with Crippen LogP contribution in [0.2, 0.25) is 12.6 Å². The van der Waals surface area contributed by atoms with Gasteiger partial charge in [-0.05, 0) is 0 Å². The Morgan fingerprint density at radius 3 is 2.86 bits per heavy atom. The lowest BCUT2D eigenvalue weighted by Crippen LogP contribution is -2.09. The molecule has 0 spiro atoms. The average Bonchev–Trinajstić information content (AvgIpc) is 2.14. The number of hydrogen-bond acceptors (Lipinski definition) is 0. The van der Waals surface area contributed by atoms with Crippen molar-refractivity contribution in [2.24, 2.45) is 0 Å². The second-order valence-electron chi connectivity index (χ2n) is 2.07. The number of hydrogen-bond donors (Lipinski definition) is 0. The van der Waals surface area contributed by atoms with Gasteiger partial charge in [-0.1, -0.05) is 19.1 Å². The van der Waals surface area contributed by atoms with Gasteiger partial charge in [0.1, 0.15) is 6.60 Å². The topological polar surface area (TPSA) is 0 Å². The minimum atomic E-state index is 0.736. The van der Waals surface area contributed by atoms with Crippen LogP contribution < -0.4 is 0 Å². The molecule has 0 saturated carbocycles. The zero-order chi connectivity index (χ0) is 5.11. The highest BCUT2D eigenvalue weighted by Crippen LogP contribution is 2.11. The summed E-state index contributed by atoms with van der Waals surface area (Å²) >= 11 is 0. The molecule has 0 nitrogen and oxygen atoms in total. The van der Waals surface area contributed by atoms with Crippen molar-refractivity contribution in [3.05, 3.63) is 12.6 Å². The molecular weight excluding hydrogens is 81.7 g/mol. The van der Waals surface area contributed by atoms with Crippen molar-refractivity contribution in [2.45, 2.75) is 19.1 Å². The first kappa shape index (κ1) is 5.02. The van der Waals surface area contributed by atoms with Crippen molar-refractivity contribution < 1.29 is 0 Å². The molecule has 1 rings (SSSR count). The van der Waals surface area contributed by atoms with Gasteiger partial charge in [-0.25, -0.2) is 0 Å². The largest absolute Gasteiger partial charge is 0.131 e. The first-order chi connectivity index (χ1) is 3.43. The molecule has 0 amide bonds. The summed E-state index contributed by atoms with van der Waals surface area (Å²) in [4.78, 5) is 0. The second kappa shape index (κ2) is 2.25. The molecule has 1 fully saturated rings. The van der Waals surface area contributed by atoms with E-state index in [0.717, 1.165) is 6.60 Å². The molecule has 0 N–H and O–H groups in total. The van der Waals surface area contributed by atoms with Crippen molar-refractivity contribution in [1.29, 1.82) is 0 Å². The average molecular weight is 90.8 g/mol. The van der Waals surface area contributed by atoms with Crippen molar-refractivity contribution in [3.63, 3.8) is 0 Å². The maximum absolute atomic E-state index is 3.71. The molecule has 1 heterocycles. The Morgan fingerprint density at radius 2 is 2.57 bits per heavy atom. The van der Waals surface area contributed by atoms with E-state index in [9.17, 15) is 0 Å². The highest BCUT2D eigenvalue weighted by molar-refractivity contribution is 7.16. The molecule has 1 aliphatic heterocycles. The van der Waals surface area contributed by atoms with E-state index in [1.165, 1.54) is 19.1 Å². The van der Waals surface area contributed by atoms with Gasteiger partial charge in [0.25, 0.3) is 0 Å². The SMILES string of the molecule is C=CB1[B]CCC1. The molecule has 1 saturated heterocycles. The molecule has 7 heavy (non-hydrogen) atoms.